The van der Waals surface area contributed by atoms with E-state index in [9.17, 15) is 9.59 Å². The van der Waals surface area contributed by atoms with Crippen LogP contribution in [0.1, 0.15) is 37.7 Å². The van der Waals surface area contributed by atoms with E-state index in [1.54, 1.807) is 0 Å². The van der Waals surface area contributed by atoms with Gasteiger partial charge in [-0.1, -0.05) is 42.1 Å². The Labute approximate surface area is 129 Å². The number of oxime groups is 1. The molecule has 0 heterocycles. The van der Waals surface area contributed by atoms with E-state index in [0.717, 1.165) is 31.2 Å². The Balaban J connectivity index is 1.84. The molecule has 0 spiro atoms. The number of carbonyl (C=O) groups excluding carboxylic acids is 2. The fraction of sp³-hybridized carbons (Fsp3) is 0.438. The van der Waals surface area contributed by atoms with E-state index in [2.05, 4.69) is 15.8 Å². The Morgan fingerprint density at radius 3 is 2.55 bits per heavy atom. The molecule has 1 aliphatic rings. The molecule has 1 aliphatic carbocycles. The smallest absolute Gasteiger partial charge is 0.335 e. The van der Waals surface area contributed by atoms with Crippen LogP contribution in [-0.2, 0) is 9.63 Å². The van der Waals surface area contributed by atoms with E-state index in [1.165, 1.54) is 6.42 Å². The molecule has 22 heavy (non-hydrogen) atoms. The Kier molecular flexibility index (Phi) is 5.94. The number of carbonyl (C=O) groups is 2. The molecule has 6 nitrogen and oxygen atoms in total. The summed E-state index contributed by atoms with van der Waals surface area (Å²) in [6.07, 6.45) is 5.24. The highest BCUT2D eigenvalue weighted by atomic mass is 16.7. The van der Waals surface area contributed by atoms with Gasteiger partial charge in [-0.15, -0.1) is 0 Å². The van der Waals surface area contributed by atoms with Gasteiger partial charge >= 0.3 is 6.09 Å². The van der Waals surface area contributed by atoms with Gasteiger partial charge in [0.05, 0.1) is 0 Å². The van der Waals surface area contributed by atoms with E-state index in [4.69, 9.17) is 4.84 Å². The van der Waals surface area contributed by atoms with Gasteiger partial charge in [0, 0.05) is 11.7 Å². The highest BCUT2D eigenvalue weighted by Gasteiger charge is 2.16. The molecule has 1 fully saturated rings. The molecular formula is C16H21N3O3. The summed E-state index contributed by atoms with van der Waals surface area (Å²) in [5.41, 5.74) is 1.81. The number of hydrogen-bond acceptors (Lipinski definition) is 4. The van der Waals surface area contributed by atoms with Crippen LogP contribution in [0.3, 0.4) is 0 Å². The molecule has 0 saturated heterocycles. The van der Waals surface area contributed by atoms with E-state index < -0.39 is 6.09 Å². The predicted molar refractivity (Wildman–Crippen MR) is 84.8 cm³/mol. The third kappa shape index (κ3) is 5.20. The van der Waals surface area contributed by atoms with Crippen LogP contribution in [0.25, 0.3) is 0 Å². The minimum Gasteiger partial charge on any atom is -0.335 e. The molecule has 118 valence electrons. The van der Waals surface area contributed by atoms with Gasteiger partial charge in [0.15, 0.2) is 6.29 Å². The van der Waals surface area contributed by atoms with Crippen molar-refractivity contribution in [2.24, 2.45) is 5.16 Å². The van der Waals surface area contributed by atoms with Crippen molar-refractivity contribution in [3.05, 3.63) is 29.8 Å². The lowest BCUT2D eigenvalue weighted by Gasteiger charge is -2.21. The fourth-order valence-electron chi connectivity index (χ4n) is 2.39. The van der Waals surface area contributed by atoms with Crippen LogP contribution < -0.4 is 10.6 Å². The standard InChI is InChI=1S/C16H21N3O3/c1-12-7-9-14(10-8-12)17-15(11-20)19-22-16(21)18-13-5-3-2-4-6-13/h7-11,13H,2-6H2,1H3,(H,17,19)(H,18,21). The Morgan fingerprint density at radius 1 is 1.23 bits per heavy atom. The van der Waals surface area contributed by atoms with Gasteiger partial charge in [0.25, 0.3) is 0 Å². The first-order chi connectivity index (χ1) is 10.7. The molecule has 0 aromatic heterocycles. The molecule has 6 heteroatoms. The average molecular weight is 303 g/mol. The molecule has 2 rings (SSSR count). The van der Waals surface area contributed by atoms with E-state index >= 15 is 0 Å². The second kappa shape index (κ2) is 8.17. The second-order valence-corrected chi connectivity index (χ2v) is 5.44. The normalized spacial score (nSPS) is 16.0. The highest BCUT2D eigenvalue weighted by Crippen LogP contribution is 2.17. The summed E-state index contributed by atoms with van der Waals surface area (Å²) in [5, 5.41) is 9.10. The zero-order valence-electron chi connectivity index (χ0n) is 12.7. The Morgan fingerprint density at radius 2 is 1.91 bits per heavy atom. The first-order valence-electron chi connectivity index (χ1n) is 7.52. The van der Waals surface area contributed by atoms with Gasteiger partial charge in [0.2, 0.25) is 5.84 Å². The topological polar surface area (TPSA) is 79.8 Å². The lowest BCUT2D eigenvalue weighted by atomic mass is 9.96. The van der Waals surface area contributed by atoms with Crippen molar-refractivity contribution in [2.45, 2.75) is 45.1 Å². The largest absolute Gasteiger partial charge is 0.433 e. The number of benzene rings is 1. The summed E-state index contributed by atoms with van der Waals surface area (Å²) in [6.45, 7) is 1.97. The molecule has 0 unspecified atom stereocenters. The molecule has 1 aromatic rings. The summed E-state index contributed by atoms with van der Waals surface area (Å²) in [4.78, 5) is 27.4. The lowest BCUT2D eigenvalue weighted by molar-refractivity contribution is -0.102. The molecule has 0 aliphatic heterocycles. The zero-order valence-corrected chi connectivity index (χ0v) is 12.7. The third-order valence-corrected chi connectivity index (χ3v) is 3.59. The van der Waals surface area contributed by atoms with Gasteiger partial charge < -0.3 is 10.6 Å². The van der Waals surface area contributed by atoms with Crippen molar-refractivity contribution >= 4 is 23.9 Å². The van der Waals surface area contributed by atoms with Crippen LogP contribution in [0, 0.1) is 6.92 Å². The molecule has 0 atom stereocenters. The fourth-order valence-corrected chi connectivity index (χ4v) is 2.39. The number of amidine groups is 1. The Hall–Kier alpha value is -2.37. The SMILES string of the molecule is Cc1ccc(NC(C=O)=NOC(=O)NC2CCCCC2)cc1. The van der Waals surface area contributed by atoms with Crippen LogP contribution in [0.2, 0.25) is 0 Å². The third-order valence-electron chi connectivity index (χ3n) is 3.59. The van der Waals surface area contributed by atoms with Gasteiger partial charge in [-0.05, 0) is 31.9 Å². The van der Waals surface area contributed by atoms with Gasteiger partial charge in [-0.2, -0.15) is 0 Å². The number of hydrogen-bond donors (Lipinski definition) is 2. The second-order valence-electron chi connectivity index (χ2n) is 5.44. The van der Waals surface area contributed by atoms with Crippen LogP contribution in [0.15, 0.2) is 29.4 Å². The van der Waals surface area contributed by atoms with E-state index in [-0.39, 0.29) is 11.9 Å². The predicted octanol–water partition coefficient (Wildman–Crippen LogP) is 2.98. The zero-order chi connectivity index (χ0) is 15.8. The minimum atomic E-state index is -0.628. The molecular weight excluding hydrogens is 282 g/mol. The van der Waals surface area contributed by atoms with Crippen LogP contribution in [0.5, 0.6) is 0 Å². The van der Waals surface area contributed by atoms with Gasteiger partial charge in [-0.3, -0.25) is 9.63 Å². The minimum absolute atomic E-state index is 0.0531. The first kappa shape index (κ1) is 16.0. The molecule has 0 radical (unpaired) electrons. The van der Waals surface area contributed by atoms with E-state index in [0.29, 0.717) is 12.0 Å². The van der Waals surface area contributed by atoms with Crippen molar-refractivity contribution in [2.75, 3.05) is 5.32 Å². The Bertz CT molecular complexity index is 534. The summed E-state index contributed by atoms with van der Waals surface area (Å²) in [7, 11) is 0. The van der Waals surface area contributed by atoms with Gasteiger partial charge in [0.1, 0.15) is 0 Å². The summed E-state index contributed by atoms with van der Waals surface area (Å²) in [5.74, 6) is -0.0531. The maximum Gasteiger partial charge on any atom is 0.433 e. The van der Waals surface area contributed by atoms with Crippen molar-refractivity contribution in [1.29, 1.82) is 0 Å². The summed E-state index contributed by atoms with van der Waals surface area (Å²) >= 11 is 0. The maximum atomic E-state index is 11.6. The average Bonchev–Trinajstić information content (AvgIpc) is 2.54. The quantitative estimate of drug-likeness (QED) is 0.295. The molecule has 1 amide bonds. The highest BCUT2D eigenvalue weighted by molar-refractivity contribution is 6.32. The molecule has 2 N–H and O–H groups in total. The number of aryl methyl sites for hydroxylation is 1. The van der Waals surface area contributed by atoms with Gasteiger partial charge in [-0.25, -0.2) is 4.79 Å². The number of amides is 1. The number of anilines is 1. The molecule has 1 aromatic carbocycles. The van der Waals surface area contributed by atoms with Crippen molar-refractivity contribution < 1.29 is 14.4 Å². The maximum absolute atomic E-state index is 11.6. The van der Waals surface area contributed by atoms with Crippen LogP contribution in [0.4, 0.5) is 10.5 Å². The monoisotopic (exact) mass is 303 g/mol. The van der Waals surface area contributed by atoms with Crippen molar-refractivity contribution in [3.63, 3.8) is 0 Å². The lowest BCUT2D eigenvalue weighted by Crippen LogP contribution is -2.36. The number of nitrogens with zero attached hydrogens (tertiary/aromatic N) is 1. The van der Waals surface area contributed by atoms with Crippen molar-refractivity contribution in [3.8, 4) is 0 Å². The van der Waals surface area contributed by atoms with Crippen LogP contribution >= 0.6 is 0 Å². The number of rotatable bonds is 4. The summed E-state index contributed by atoms with van der Waals surface area (Å²) in [6, 6.07) is 7.58. The number of aldehydes is 1. The molecule has 1 saturated carbocycles. The first-order valence-corrected chi connectivity index (χ1v) is 7.52. The van der Waals surface area contributed by atoms with E-state index in [1.807, 2.05) is 31.2 Å². The summed E-state index contributed by atoms with van der Waals surface area (Å²) < 4.78 is 0. The van der Waals surface area contributed by atoms with Crippen molar-refractivity contribution in [1.82, 2.24) is 5.32 Å². The van der Waals surface area contributed by atoms with Crippen LogP contribution in [-0.4, -0.2) is 24.3 Å². The number of nitrogens with one attached hydrogen (secondary N) is 2. The molecule has 0 bridgehead atoms.